The molecule has 6 nitrogen and oxygen atoms in total. The molecule has 150 valence electrons. The number of halogens is 1. The van der Waals surface area contributed by atoms with Gasteiger partial charge >= 0.3 is 0 Å². The van der Waals surface area contributed by atoms with Gasteiger partial charge in [0.15, 0.2) is 0 Å². The van der Waals surface area contributed by atoms with E-state index in [1.807, 2.05) is 17.5 Å². The Morgan fingerprint density at radius 3 is 2.59 bits per heavy atom. The zero-order valence-corrected chi connectivity index (χ0v) is 16.6. The molecule has 2 amide bonds. The lowest BCUT2D eigenvalue weighted by Gasteiger charge is -2.31. The molecule has 1 aliphatic heterocycles. The highest BCUT2D eigenvalue weighted by atomic mass is 32.1. The number of aromatic nitrogens is 2. The van der Waals surface area contributed by atoms with Crippen LogP contribution in [0, 0.1) is 11.7 Å². The molecule has 0 bridgehead atoms. The summed E-state index contributed by atoms with van der Waals surface area (Å²) < 4.78 is 14.8. The molecule has 0 saturated carbocycles. The number of amides is 2. The Labute approximate surface area is 172 Å². The van der Waals surface area contributed by atoms with Gasteiger partial charge in [-0.1, -0.05) is 6.07 Å². The molecular weight excluding hydrogens is 391 g/mol. The molecule has 1 saturated heterocycles. The Hall–Kier alpha value is -3.00. The van der Waals surface area contributed by atoms with Crippen LogP contribution in [0.15, 0.2) is 54.0 Å². The third-order valence-electron chi connectivity index (χ3n) is 5.10. The second-order valence-corrected chi connectivity index (χ2v) is 8.05. The Morgan fingerprint density at radius 1 is 1.14 bits per heavy atom. The van der Waals surface area contributed by atoms with Crippen molar-refractivity contribution in [3.63, 3.8) is 0 Å². The van der Waals surface area contributed by atoms with Gasteiger partial charge in [0.25, 0.3) is 5.91 Å². The number of benzene rings is 1. The van der Waals surface area contributed by atoms with Crippen molar-refractivity contribution in [1.82, 2.24) is 14.7 Å². The molecule has 8 heteroatoms. The number of hydrogen-bond donors (Lipinski definition) is 1. The van der Waals surface area contributed by atoms with E-state index in [0.29, 0.717) is 43.9 Å². The normalized spacial score (nSPS) is 14.7. The van der Waals surface area contributed by atoms with Crippen molar-refractivity contribution in [3.05, 3.63) is 70.3 Å². The molecule has 3 aromatic rings. The summed E-state index contributed by atoms with van der Waals surface area (Å²) in [5, 5.41) is 9.28. The van der Waals surface area contributed by atoms with E-state index in [2.05, 4.69) is 10.4 Å². The predicted molar refractivity (Wildman–Crippen MR) is 109 cm³/mol. The van der Waals surface area contributed by atoms with Crippen molar-refractivity contribution in [3.8, 4) is 0 Å². The quantitative estimate of drug-likeness (QED) is 0.696. The molecule has 1 aromatic carbocycles. The fraction of sp³-hybridized carbons (Fsp3) is 0.286. The molecule has 0 aliphatic carbocycles. The summed E-state index contributed by atoms with van der Waals surface area (Å²) in [6.45, 7) is 1.62. The zero-order chi connectivity index (χ0) is 20.2. The van der Waals surface area contributed by atoms with Gasteiger partial charge in [-0.3, -0.25) is 9.59 Å². The first-order chi connectivity index (χ1) is 14.1. The highest BCUT2D eigenvalue weighted by molar-refractivity contribution is 7.09. The van der Waals surface area contributed by atoms with Crippen molar-refractivity contribution < 1.29 is 14.0 Å². The van der Waals surface area contributed by atoms with Gasteiger partial charge in [0.2, 0.25) is 5.91 Å². The van der Waals surface area contributed by atoms with Crippen LogP contribution in [0.25, 0.3) is 0 Å². The van der Waals surface area contributed by atoms with E-state index in [0.717, 1.165) is 4.88 Å². The Kier molecular flexibility index (Phi) is 5.71. The minimum Gasteiger partial charge on any atom is -0.339 e. The number of carbonyl (C=O) groups excluding carboxylic acids is 2. The molecule has 3 heterocycles. The first-order valence-electron chi connectivity index (χ1n) is 9.50. The van der Waals surface area contributed by atoms with Gasteiger partial charge < -0.3 is 10.2 Å². The lowest BCUT2D eigenvalue weighted by molar-refractivity contribution is -0.121. The molecule has 4 rings (SSSR count). The van der Waals surface area contributed by atoms with E-state index >= 15 is 0 Å². The summed E-state index contributed by atoms with van der Waals surface area (Å²) in [6.07, 6.45) is 2.86. The maximum absolute atomic E-state index is 13.0. The number of nitrogens with one attached hydrogen (secondary N) is 1. The fourth-order valence-electron chi connectivity index (χ4n) is 3.46. The van der Waals surface area contributed by atoms with E-state index in [9.17, 15) is 14.0 Å². The van der Waals surface area contributed by atoms with Crippen LogP contribution in [0.1, 0.15) is 28.1 Å². The van der Waals surface area contributed by atoms with Crippen LogP contribution < -0.4 is 5.32 Å². The van der Waals surface area contributed by atoms with Gasteiger partial charge in [-0.25, -0.2) is 9.07 Å². The summed E-state index contributed by atoms with van der Waals surface area (Å²) in [7, 11) is 0. The Morgan fingerprint density at radius 2 is 1.90 bits per heavy atom. The van der Waals surface area contributed by atoms with Crippen LogP contribution in [-0.4, -0.2) is 39.6 Å². The van der Waals surface area contributed by atoms with Gasteiger partial charge in [0.1, 0.15) is 11.6 Å². The average Bonchev–Trinajstić information content (AvgIpc) is 3.41. The van der Waals surface area contributed by atoms with E-state index < -0.39 is 0 Å². The molecule has 29 heavy (non-hydrogen) atoms. The molecule has 2 aromatic heterocycles. The summed E-state index contributed by atoms with van der Waals surface area (Å²) in [6, 6.07) is 11.4. The van der Waals surface area contributed by atoms with Crippen LogP contribution in [0.5, 0.6) is 0 Å². The first-order valence-corrected chi connectivity index (χ1v) is 10.4. The van der Waals surface area contributed by atoms with E-state index in [-0.39, 0.29) is 23.5 Å². The third-order valence-corrected chi connectivity index (χ3v) is 5.96. The second kappa shape index (κ2) is 8.57. The largest absolute Gasteiger partial charge is 0.339 e. The molecule has 0 radical (unpaired) electrons. The number of hydrogen-bond acceptors (Lipinski definition) is 4. The molecule has 0 unspecified atom stereocenters. The number of carbonyl (C=O) groups is 2. The average molecular weight is 412 g/mol. The number of anilines is 1. The lowest BCUT2D eigenvalue weighted by Crippen LogP contribution is -2.41. The topological polar surface area (TPSA) is 67.2 Å². The number of piperidine rings is 1. The summed E-state index contributed by atoms with van der Waals surface area (Å²) in [5.41, 5.74) is 0.465. The maximum Gasteiger partial charge on any atom is 0.253 e. The van der Waals surface area contributed by atoms with Gasteiger partial charge in [-0.2, -0.15) is 5.10 Å². The summed E-state index contributed by atoms with van der Waals surface area (Å²) in [4.78, 5) is 28.1. The van der Waals surface area contributed by atoms with Crippen molar-refractivity contribution in [2.24, 2.45) is 5.92 Å². The molecule has 1 aliphatic rings. The molecular formula is C21H21FN4O2S. The molecule has 1 fully saturated rings. The van der Waals surface area contributed by atoms with Crippen molar-refractivity contribution >= 4 is 29.0 Å². The highest BCUT2D eigenvalue weighted by Gasteiger charge is 2.28. The molecule has 0 spiro atoms. The molecule has 0 atom stereocenters. The lowest BCUT2D eigenvalue weighted by atomic mass is 9.95. The van der Waals surface area contributed by atoms with Gasteiger partial charge in [0.05, 0.1) is 12.7 Å². The predicted octanol–water partition coefficient (Wildman–Crippen LogP) is 3.62. The van der Waals surface area contributed by atoms with Crippen LogP contribution in [0.4, 0.5) is 10.2 Å². The maximum atomic E-state index is 13.0. The minimum atomic E-state index is -0.366. The van der Waals surface area contributed by atoms with E-state index in [4.69, 9.17) is 0 Å². The standard InChI is InChI=1S/C21H21FN4O2S/c22-17-5-3-16(4-6-17)21(28)25-11-8-15(9-12-25)20(27)24-19-7-10-23-26(19)14-18-2-1-13-29-18/h1-7,10,13,15H,8-9,11-12,14H2,(H,24,27). The van der Waals surface area contributed by atoms with E-state index in [1.54, 1.807) is 33.2 Å². The smallest absolute Gasteiger partial charge is 0.253 e. The fourth-order valence-corrected chi connectivity index (χ4v) is 4.15. The van der Waals surface area contributed by atoms with Crippen LogP contribution in [0.3, 0.4) is 0 Å². The van der Waals surface area contributed by atoms with Gasteiger partial charge in [-0.15, -0.1) is 11.3 Å². The van der Waals surface area contributed by atoms with Crippen LogP contribution in [0.2, 0.25) is 0 Å². The molecule has 1 N–H and O–H groups in total. The first kappa shape index (κ1) is 19.3. The summed E-state index contributed by atoms with van der Waals surface area (Å²) >= 11 is 1.65. The van der Waals surface area contributed by atoms with E-state index in [1.165, 1.54) is 24.3 Å². The number of likely N-dealkylation sites (tertiary alicyclic amines) is 1. The zero-order valence-electron chi connectivity index (χ0n) is 15.8. The van der Waals surface area contributed by atoms with Crippen LogP contribution in [-0.2, 0) is 11.3 Å². The monoisotopic (exact) mass is 412 g/mol. The minimum absolute atomic E-state index is 0.0492. The van der Waals surface area contributed by atoms with Crippen LogP contribution >= 0.6 is 11.3 Å². The third kappa shape index (κ3) is 4.54. The Balaban J connectivity index is 1.32. The highest BCUT2D eigenvalue weighted by Crippen LogP contribution is 2.22. The van der Waals surface area contributed by atoms with Crippen molar-refractivity contribution in [2.75, 3.05) is 18.4 Å². The van der Waals surface area contributed by atoms with Gasteiger partial charge in [0, 0.05) is 35.5 Å². The second-order valence-electron chi connectivity index (χ2n) is 7.02. The summed E-state index contributed by atoms with van der Waals surface area (Å²) in [5.74, 6) is -0.0227. The van der Waals surface area contributed by atoms with Crippen molar-refractivity contribution in [1.29, 1.82) is 0 Å². The number of nitrogens with zero attached hydrogens (tertiary/aromatic N) is 3. The van der Waals surface area contributed by atoms with Crippen molar-refractivity contribution in [2.45, 2.75) is 19.4 Å². The number of rotatable bonds is 5. The Bertz CT molecular complexity index is 977. The SMILES string of the molecule is O=C(Nc1ccnn1Cc1cccs1)C1CCN(C(=O)c2ccc(F)cc2)CC1. The van der Waals surface area contributed by atoms with Gasteiger partial charge in [-0.05, 0) is 48.6 Å². The number of thiophene rings is 1.